The smallest absolute Gasteiger partial charge is 0.420 e. The first-order chi connectivity index (χ1) is 8.12. The summed E-state index contributed by atoms with van der Waals surface area (Å²) >= 11 is 0. The molecular weight excluding hydrogens is 266 g/mol. The van der Waals surface area contributed by atoms with Crippen LogP contribution >= 0.6 is 0 Å². The zero-order valence-electron chi connectivity index (χ0n) is 9.24. The van der Waals surface area contributed by atoms with E-state index in [9.17, 15) is 26.3 Å². The Morgan fingerprint density at radius 3 is 1.17 bits per heavy atom. The van der Waals surface area contributed by atoms with Gasteiger partial charge in [0.15, 0.2) is 11.5 Å². The number of ether oxygens (including phenoxy) is 2. The maximum Gasteiger partial charge on any atom is 0.420 e. The van der Waals surface area contributed by atoms with Crippen LogP contribution in [0.15, 0.2) is 12.1 Å². The van der Waals surface area contributed by atoms with Crippen molar-refractivity contribution in [1.82, 2.24) is 0 Å². The standard InChI is InChI=1S/C10H8F6O2/c1-17-7-5(9(11,12)13)3-4-6(8(7)18-2)10(14,15)16/h3-4H,1-2H3. The summed E-state index contributed by atoms with van der Waals surface area (Å²) in [6.07, 6.45) is -9.66. The molecule has 0 N–H and O–H groups in total. The number of rotatable bonds is 2. The van der Waals surface area contributed by atoms with Crippen molar-refractivity contribution in [3.63, 3.8) is 0 Å². The van der Waals surface area contributed by atoms with Crippen LogP contribution in [-0.2, 0) is 12.4 Å². The first-order valence-corrected chi connectivity index (χ1v) is 4.52. The molecule has 8 heteroatoms. The normalized spacial score (nSPS) is 12.4. The Bertz CT molecular complexity index is 394. The van der Waals surface area contributed by atoms with E-state index in [1.165, 1.54) is 0 Å². The topological polar surface area (TPSA) is 18.5 Å². The van der Waals surface area contributed by atoms with Gasteiger partial charge in [0.2, 0.25) is 0 Å². The number of alkyl halides is 6. The molecule has 0 aromatic heterocycles. The third-order valence-corrected chi connectivity index (χ3v) is 2.13. The summed E-state index contributed by atoms with van der Waals surface area (Å²) in [6, 6.07) is 0.619. The lowest BCUT2D eigenvalue weighted by atomic mass is 10.1. The van der Waals surface area contributed by atoms with E-state index in [1.54, 1.807) is 0 Å². The van der Waals surface area contributed by atoms with Gasteiger partial charge in [0.25, 0.3) is 0 Å². The number of methoxy groups -OCH3 is 2. The molecule has 0 aliphatic carbocycles. The minimum Gasteiger partial charge on any atom is -0.492 e. The Morgan fingerprint density at radius 2 is 1.00 bits per heavy atom. The van der Waals surface area contributed by atoms with Crippen LogP contribution in [0.2, 0.25) is 0 Å². The second-order valence-electron chi connectivity index (χ2n) is 3.22. The van der Waals surface area contributed by atoms with Crippen LogP contribution in [0.1, 0.15) is 11.1 Å². The van der Waals surface area contributed by atoms with Gasteiger partial charge in [0.1, 0.15) is 11.1 Å². The maximum atomic E-state index is 12.6. The number of hydrogen-bond donors (Lipinski definition) is 0. The molecule has 0 atom stereocenters. The molecule has 1 rings (SSSR count). The second kappa shape index (κ2) is 4.58. The van der Waals surface area contributed by atoms with Crippen molar-refractivity contribution in [2.75, 3.05) is 14.2 Å². The van der Waals surface area contributed by atoms with E-state index in [1.807, 2.05) is 0 Å². The predicted molar refractivity (Wildman–Crippen MR) is 49.6 cm³/mol. The first kappa shape index (κ1) is 14.5. The molecule has 0 fully saturated rings. The van der Waals surface area contributed by atoms with E-state index in [-0.39, 0.29) is 0 Å². The fourth-order valence-electron chi connectivity index (χ4n) is 1.41. The quantitative estimate of drug-likeness (QED) is 0.765. The van der Waals surface area contributed by atoms with Gasteiger partial charge < -0.3 is 9.47 Å². The molecule has 18 heavy (non-hydrogen) atoms. The second-order valence-corrected chi connectivity index (χ2v) is 3.22. The highest BCUT2D eigenvalue weighted by atomic mass is 19.4. The van der Waals surface area contributed by atoms with Crippen molar-refractivity contribution in [1.29, 1.82) is 0 Å². The molecule has 0 unspecified atom stereocenters. The fraction of sp³-hybridized carbons (Fsp3) is 0.400. The van der Waals surface area contributed by atoms with Gasteiger partial charge in [-0.3, -0.25) is 0 Å². The average molecular weight is 274 g/mol. The molecule has 0 aliphatic rings. The van der Waals surface area contributed by atoms with E-state index in [0.717, 1.165) is 14.2 Å². The average Bonchev–Trinajstić information content (AvgIpc) is 2.24. The largest absolute Gasteiger partial charge is 0.492 e. The van der Waals surface area contributed by atoms with Crippen LogP contribution in [0, 0.1) is 0 Å². The molecule has 0 amide bonds. The van der Waals surface area contributed by atoms with Crippen molar-refractivity contribution in [3.8, 4) is 11.5 Å². The Hall–Kier alpha value is -1.60. The Kier molecular flexibility index (Phi) is 3.68. The molecule has 0 aliphatic heterocycles. The van der Waals surface area contributed by atoms with E-state index < -0.39 is 35.0 Å². The monoisotopic (exact) mass is 274 g/mol. The van der Waals surface area contributed by atoms with Gasteiger partial charge in [0.05, 0.1) is 14.2 Å². The van der Waals surface area contributed by atoms with Gasteiger partial charge in [-0.1, -0.05) is 0 Å². The molecule has 1 aromatic carbocycles. The van der Waals surface area contributed by atoms with Crippen molar-refractivity contribution in [3.05, 3.63) is 23.3 Å². The predicted octanol–water partition coefficient (Wildman–Crippen LogP) is 3.74. The lowest BCUT2D eigenvalue weighted by Gasteiger charge is -2.19. The zero-order valence-corrected chi connectivity index (χ0v) is 9.24. The highest BCUT2D eigenvalue weighted by molar-refractivity contribution is 5.54. The minimum atomic E-state index is -4.83. The van der Waals surface area contributed by atoms with E-state index in [4.69, 9.17) is 0 Å². The number of hydrogen-bond acceptors (Lipinski definition) is 2. The molecule has 2 nitrogen and oxygen atoms in total. The van der Waals surface area contributed by atoms with Crippen molar-refractivity contribution in [2.45, 2.75) is 12.4 Å². The Balaban J connectivity index is 3.57. The van der Waals surface area contributed by atoms with Crippen molar-refractivity contribution >= 4 is 0 Å². The lowest BCUT2D eigenvalue weighted by molar-refractivity contribution is -0.143. The molecule has 0 radical (unpaired) electrons. The molecule has 1 aromatic rings. The molecule has 0 bridgehead atoms. The summed E-state index contributed by atoms with van der Waals surface area (Å²) in [6.45, 7) is 0. The van der Waals surface area contributed by atoms with Gasteiger partial charge in [-0.2, -0.15) is 26.3 Å². The molecule has 102 valence electrons. The van der Waals surface area contributed by atoms with Crippen LogP contribution < -0.4 is 9.47 Å². The third kappa shape index (κ3) is 2.62. The Labute approximate surface area is 98.1 Å². The van der Waals surface area contributed by atoms with Gasteiger partial charge in [-0.15, -0.1) is 0 Å². The van der Waals surface area contributed by atoms with Crippen LogP contribution in [-0.4, -0.2) is 14.2 Å². The zero-order chi connectivity index (χ0) is 14.1. The summed E-state index contributed by atoms with van der Waals surface area (Å²) in [4.78, 5) is 0. The first-order valence-electron chi connectivity index (χ1n) is 4.52. The molecular formula is C10H8F6O2. The van der Waals surface area contributed by atoms with Crippen LogP contribution in [0.25, 0.3) is 0 Å². The van der Waals surface area contributed by atoms with E-state index in [0.29, 0.717) is 12.1 Å². The lowest BCUT2D eigenvalue weighted by Crippen LogP contribution is -2.13. The minimum absolute atomic E-state index is 0.310. The summed E-state index contributed by atoms with van der Waals surface area (Å²) in [5, 5.41) is 0. The molecule has 0 heterocycles. The fourth-order valence-corrected chi connectivity index (χ4v) is 1.41. The third-order valence-electron chi connectivity index (χ3n) is 2.13. The van der Waals surface area contributed by atoms with E-state index >= 15 is 0 Å². The number of benzene rings is 1. The molecule has 0 spiro atoms. The van der Waals surface area contributed by atoms with Crippen LogP contribution in [0.5, 0.6) is 11.5 Å². The summed E-state index contributed by atoms with van der Waals surface area (Å²) in [5.74, 6) is -1.97. The molecule has 0 saturated heterocycles. The molecule has 0 saturated carbocycles. The van der Waals surface area contributed by atoms with Crippen molar-refractivity contribution in [2.24, 2.45) is 0 Å². The van der Waals surface area contributed by atoms with Crippen LogP contribution in [0.4, 0.5) is 26.3 Å². The van der Waals surface area contributed by atoms with Gasteiger partial charge in [-0.05, 0) is 12.1 Å². The summed E-state index contributed by atoms with van der Waals surface area (Å²) < 4.78 is 84.1. The Morgan fingerprint density at radius 1 is 0.722 bits per heavy atom. The van der Waals surface area contributed by atoms with Crippen LogP contribution in [0.3, 0.4) is 0 Å². The van der Waals surface area contributed by atoms with Gasteiger partial charge in [-0.25, -0.2) is 0 Å². The summed E-state index contributed by atoms with van der Waals surface area (Å²) in [7, 11) is 1.68. The highest BCUT2D eigenvalue weighted by Crippen LogP contribution is 2.47. The highest BCUT2D eigenvalue weighted by Gasteiger charge is 2.41. The SMILES string of the molecule is COc1c(C(F)(F)F)ccc(C(F)(F)F)c1OC. The van der Waals surface area contributed by atoms with Gasteiger partial charge in [0, 0.05) is 0 Å². The van der Waals surface area contributed by atoms with Gasteiger partial charge >= 0.3 is 12.4 Å². The maximum absolute atomic E-state index is 12.6. The van der Waals surface area contributed by atoms with E-state index in [2.05, 4.69) is 9.47 Å². The summed E-state index contributed by atoms with van der Waals surface area (Å²) in [5.41, 5.74) is -2.65. The number of halogens is 6. The van der Waals surface area contributed by atoms with Crippen molar-refractivity contribution < 1.29 is 35.8 Å².